The third kappa shape index (κ3) is 3.79. The monoisotopic (exact) mass is 430 g/mol. The number of halogens is 1. The lowest BCUT2D eigenvalue weighted by atomic mass is 9.91. The smallest absolute Gasteiger partial charge is 0.328 e. The van der Waals surface area contributed by atoms with E-state index in [-0.39, 0.29) is 19.6 Å². The number of esters is 1. The fraction of sp³-hybridized carbons (Fsp3) is 0.250. The van der Waals surface area contributed by atoms with E-state index in [1.54, 1.807) is 31.2 Å². The zero-order chi connectivity index (χ0) is 19.6. The fourth-order valence-corrected chi connectivity index (χ4v) is 3.36. The van der Waals surface area contributed by atoms with Crippen LogP contribution in [0.3, 0.4) is 0 Å². The van der Waals surface area contributed by atoms with Gasteiger partial charge in [0.15, 0.2) is 0 Å². The second-order valence-electron chi connectivity index (χ2n) is 6.42. The van der Waals surface area contributed by atoms with Gasteiger partial charge in [0.25, 0.3) is 11.8 Å². The summed E-state index contributed by atoms with van der Waals surface area (Å²) in [5.41, 5.74) is 6.29. The van der Waals surface area contributed by atoms with E-state index in [2.05, 4.69) is 15.9 Å². The molecule has 1 aliphatic heterocycles. The Bertz CT molecular complexity index is 862. The molecule has 3 rings (SSSR count). The quantitative estimate of drug-likeness (QED) is 0.561. The number of benzene rings is 2. The number of carbonyl (C=O) groups excluding carboxylic acids is 3. The number of hydrogen-bond donors (Lipinski definition) is 1. The SMILES string of the molecule is CCOC(=O)C(N)(Cc1ccc(Br)cc1)CN1C(=O)c2ccccc2C1=O. The van der Waals surface area contributed by atoms with Gasteiger partial charge in [0.1, 0.15) is 5.54 Å². The maximum absolute atomic E-state index is 12.7. The lowest BCUT2D eigenvalue weighted by Crippen LogP contribution is -2.59. The van der Waals surface area contributed by atoms with Crippen molar-refractivity contribution in [3.8, 4) is 0 Å². The van der Waals surface area contributed by atoms with Crippen LogP contribution < -0.4 is 5.73 Å². The third-order valence-electron chi connectivity index (χ3n) is 4.43. The zero-order valence-corrected chi connectivity index (χ0v) is 16.4. The molecule has 1 aliphatic rings. The lowest BCUT2D eigenvalue weighted by Gasteiger charge is -2.30. The highest BCUT2D eigenvalue weighted by Gasteiger charge is 2.44. The van der Waals surface area contributed by atoms with Crippen LogP contribution in [0, 0.1) is 0 Å². The largest absolute Gasteiger partial charge is 0.465 e. The standard InChI is InChI=1S/C20H19BrN2O4/c1-2-27-19(26)20(22,11-13-7-9-14(21)10-8-13)12-23-17(24)15-5-3-4-6-16(15)18(23)25/h3-10H,2,11-12,22H2,1H3. The van der Waals surface area contributed by atoms with Gasteiger partial charge in [-0.25, -0.2) is 4.79 Å². The number of ether oxygens (including phenoxy) is 1. The van der Waals surface area contributed by atoms with Gasteiger partial charge in [-0.3, -0.25) is 14.5 Å². The molecule has 2 aromatic carbocycles. The first-order valence-corrected chi connectivity index (χ1v) is 9.31. The average molecular weight is 431 g/mol. The van der Waals surface area contributed by atoms with Crippen LogP contribution in [-0.4, -0.2) is 41.4 Å². The highest BCUT2D eigenvalue weighted by atomic mass is 79.9. The summed E-state index contributed by atoms with van der Waals surface area (Å²) >= 11 is 3.36. The first-order valence-electron chi connectivity index (χ1n) is 8.51. The predicted molar refractivity (Wildman–Crippen MR) is 103 cm³/mol. The van der Waals surface area contributed by atoms with E-state index in [0.29, 0.717) is 11.1 Å². The van der Waals surface area contributed by atoms with Crippen molar-refractivity contribution in [2.24, 2.45) is 5.73 Å². The summed E-state index contributed by atoms with van der Waals surface area (Å²) in [6, 6.07) is 13.9. The predicted octanol–water partition coefficient (Wildman–Crippen LogP) is 2.55. The van der Waals surface area contributed by atoms with Crippen molar-refractivity contribution in [2.75, 3.05) is 13.2 Å². The van der Waals surface area contributed by atoms with Crippen molar-refractivity contribution in [2.45, 2.75) is 18.9 Å². The Kier molecular flexibility index (Phi) is 5.43. The molecule has 2 amide bonds. The van der Waals surface area contributed by atoms with Gasteiger partial charge in [0, 0.05) is 10.9 Å². The van der Waals surface area contributed by atoms with Crippen LogP contribution in [-0.2, 0) is 16.0 Å². The average Bonchev–Trinajstić information content (AvgIpc) is 2.89. The first-order chi connectivity index (χ1) is 12.9. The van der Waals surface area contributed by atoms with E-state index in [0.717, 1.165) is 14.9 Å². The molecule has 0 aliphatic carbocycles. The summed E-state index contributed by atoms with van der Waals surface area (Å²) in [6.45, 7) is 1.58. The summed E-state index contributed by atoms with van der Waals surface area (Å²) in [5, 5.41) is 0. The van der Waals surface area contributed by atoms with E-state index >= 15 is 0 Å². The Morgan fingerprint density at radius 1 is 1.07 bits per heavy atom. The molecular weight excluding hydrogens is 412 g/mol. The summed E-state index contributed by atoms with van der Waals surface area (Å²) in [5.74, 6) is -1.56. The Morgan fingerprint density at radius 3 is 2.15 bits per heavy atom. The van der Waals surface area contributed by atoms with Gasteiger partial charge < -0.3 is 10.5 Å². The molecule has 1 atom stereocenters. The number of nitrogens with two attached hydrogens (primary N) is 1. The molecule has 2 N–H and O–H groups in total. The molecule has 140 valence electrons. The van der Waals surface area contributed by atoms with E-state index in [1.807, 2.05) is 24.3 Å². The van der Waals surface area contributed by atoms with Gasteiger partial charge in [-0.1, -0.05) is 40.2 Å². The third-order valence-corrected chi connectivity index (χ3v) is 4.96. The van der Waals surface area contributed by atoms with Crippen LogP contribution in [0.4, 0.5) is 0 Å². The maximum atomic E-state index is 12.7. The Morgan fingerprint density at radius 2 is 1.63 bits per heavy atom. The number of carbonyl (C=O) groups is 3. The Hall–Kier alpha value is -2.51. The van der Waals surface area contributed by atoms with Crippen molar-refractivity contribution in [1.29, 1.82) is 0 Å². The molecule has 27 heavy (non-hydrogen) atoms. The minimum atomic E-state index is -1.54. The molecule has 0 radical (unpaired) electrons. The van der Waals surface area contributed by atoms with Gasteiger partial charge >= 0.3 is 5.97 Å². The van der Waals surface area contributed by atoms with Crippen molar-refractivity contribution in [1.82, 2.24) is 4.90 Å². The van der Waals surface area contributed by atoms with Crippen molar-refractivity contribution < 1.29 is 19.1 Å². The molecule has 0 saturated heterocycles. The topological polar surface area (TPSA) is 89.7 Å². The second kappa shape index (κ2) is 7.62. The van der Waals surface area contributed by atoms with Gasteiger partial charge in [0.2, 0.25) is 0 Å². The number of rotatable bonds is 6. The summed E-state index contributed by atoms with van der Waals surface area (Å²) < 4.78 is 6.03. The van der Waals surface area contributed by atoms with Crippen LogP contribution in [0.25, 0.3) is 0 Å². The number of amides is 2. The summed E-state index contributed by atoms with van der Waals surface area (Å²) in [7, 11) is 0. The normalized spacial score (nSPS) is 15.4. The fourth-order valence-electron chi connectivity index (χ4n) is 3.10. The van der Waals surface area contributed by atoms with Gasteiger partial charge in [-0.2, -0.15) is 0 Å². The van der Waals surface area contributed by atoms with Crippen LogP contribution in [0.15, 0.2) is 53.0 Å². The van der Waals surface area contributed by atoms with Crippen LogP contribution in [0.2, 0.25) is 0 Å². The minimum Gasteiger partial charge on any atom is -0.465 e. The van der Waals surface area contributed by atoms with Crippen molar-refractivity contribution in [3.63, 3.8) is 0 Å². The van der Waals surface area contributed by atoms with Crippen molar-refractivity contribution >= 4 is 33.7 Å². The molecule has 0 spiro atoms. The van der Waals surface area contributed by atoms with Gasteiger partial charge in [-0.05, 0) is 36.8 Å². The van der Waals surface area contributed by atoms with E-state index in [9.17, 15) is 14.4 Å². The van der Waals surface area contributed by atoms with Crippen LogP contribution >= 0.6 is 15.9 Å². The number of fused-ring (bicyclic) bond motifs is 1. The van der Waals surface area contributed by atoms with Crippen LogP contribution in [0.1, 0.15) is 33.2 Å². The molecule has 1 unspecified atom stereocenters. The molecular formula is C20H19BrN2O4. The second-order valence-corrected chi connectivity index (χ2v) is 7.34. The Balaban J connectivity index is 1.90. The Labute approximate surface area is 165 Å². The molecule has 0 fully saturated rings. The molecule has 0 aromatic heterocycles. The molecule has 6 nitrogen and oxygen atoms in total. The van der Waals surface area contributed by atoms with E-state index in [4.69, 9.17) is 10.5 Å². The zero-order valence-electron chi connectivity index (χ0n) is 14.8. The lowest BCUT2D eigenvalue weighted by molar-refractivity contribution is -0.149. The summed E-state index contributed by atoms with van der Waals surface area (Å²) in [4.78, 5) is 38.9. The summed E-state index contributed by atoms with van der Waals surface area (Å²) in [6.07, 6.45) is 0.131. The number of nitrogens with zero attached hydrogens (tertiary/aromatic N) is 1. The van der Waals surface area contributed by atoms with Crippen LogP contribution in [0.5, 0.6) is 0 Å². The van der Waals surface area contributed by atoms with Gasteiger partial charge in [-0.15, -0.1) is 0 Å². The molecule has 2 aromatic rings. The van der Waals surface area contributed by atoms with E-state index in [1.165, 1.54) is 0 Å². The molecule has 1 heterocycles. The number of imide groups is 1. The molecule has 0 saturated carbocycles. The highest BCUT2D eigenvalue weighted by Crippen LogP contribution is 2.26. The van der Waals surface area contributed by atoms with E-state index < -0.39 is 23.3 Å². The first kappa shape index (κ1) is 19.3. The number of hydrogen-bond acceptors (Lipinski definition) is 5. The van der Waals surface area contributed by atoms with Gasteiger partial charge in [0.05, 0.1) is 24.3 Å². The molecule has 7 heteroatoms. The maximum Gasteiger partial charge on any atom is 0.328 e. The van der Waals surface area contributed by atoms with Crippen molar-refractivity contribution in [3.05, 3.63) is 69.7 Å². The minimum absolute atomic E-state index is 0.131. The molecule has 0 bridgehead atoms. The highest BCUT2D eigenvalue weighted by molar-refractivity contribution is 9.10.